The first kappa shape index (κ1) is 33.9. The molecule has 0 radical (unpaired) electrons. The normalized spacial score (nSPS) is 12.9. The van der Waals surface area contributed by atoms with E-state index in [1.54, 1.807) is 0 Å². The monoisotopic (exact) mass is 642 g/mol. The Morgan fingerprint density at radius 2 is 0.674 bits per heavy atom. The van der Waals surface area contributed by atoms with Crippen molar-refractivity contribution >= 4 is 59.2 Å². The van der Waals surface area contributed by atoms with Gasteiger partial charge in [-0.3, -0.25) is 9.59 Å². The minimum atomic E-state index is -1.89. The Balaban J connectivity index is 1.64. The van der Waals surface area contributed by atoms with Gasteiger partial charge in [0.1, 0.15) is 16.1 Å². The van der Waals surface area contributed by atoms with Crippen LogP contribution >= 0.6 is 0 Å². The molecule has 4 heteroatoms. The molecule has 0 fully saturated rings. The molecule has 0 spiro atoms. The van der Waals surface area contributed by atoms with Crippen LogP contribution in [0.25, 0.3) is 43.1 Å². The van der Waals surface area contributed by atoms with Gasteiger partial charge in [0.2, 0.25) is 0 Å². The number of hydrogen-bond acceptors (Lipinski definition) is 2. The number of fused-ring (bicyclic) bond motifs is 6. The van der Waals surface area contributed by atoms with E-state index in [1.807, 2.05) is 48.5 Å². The molecule has 5 aromatic carbocycles. The molecular formula is C42H50O2Si2. The van der Waals surface area contributed by atoms with Gasteiger partial charge in [-0.2, -0.15) is 0 Å². The average molecular weight is 643 g/mol. The summed E-state index contributed by atoms with van der Waals surface area (Å²) in [6.45, 7) is 27.8. The Morgan fingerprint density at radius 3 is 0.957 bits per heavy atom. The van der Waals surface area contributed by atoms with Crippen molar-refractivity contribution in [2.45, 2.75) is 116 Å². The van der Waals surface area contributed by atoms with Crippen molar-refractivity contribution in [2.24, 2.45) is 0 Å². The zero-order chi connectivity index (χ0) is 33.9. The maximum absolute atomic E-state index is 13.8. The fourth-order valence-electron chi connectivity index (χ4n) is 9.03. The van der Waals surface area contributed by atoms with Crippen molar-refractivity contribution in [1.29, 1.82) is 0 Å². The predicted molar refractivity (Wildman–Crippen MR) is 207 cm³/mol. The molecule has 5 aromatic rings. The van der Waals surface area contributed by atoms with Crippen molar-refractivity contribution in [3.8, 4) is 22.9 Å². The highest BCUT2D eigenvalue weighted by molar-refractivity contribution is 6.91. The molecule has 2 nitrogen and oxygen atoms in total. The first-order valence-electron chi connectivity index (χ1n) is 17.2. The molecule has 5 rings (SSSR count). The van der Waals surface area contributed by atoms with Gasteiger partial charge in [-0.25, -0.2) is 0 Å². The van der Waals surface area contributed by atoms with Crippen LogP contribution in [0.3, 0.4) is 0 Å². The van der Waals surface area contributed by atoms with E-state index in [2.05, 4.69) is 106 Å². The summed E-state index contributed by atoms with van der Waals surface area (Å²) in [6, 6.07) is 15.9. The Labute approximate surface area is 277 Å². The largest absolute Gasteiger partial charge is 0.289 e. The summed E-state index contributed by atoms with van der Waals surface area (Å²) >= 11 is 0. The van der Waals surface area contributed by atoms with Crippen molar-refractivity contribution in [3.63, 3.8) is 0 Å². The lowest BCUT2D eigenvalue weighted by Crippen LogP contribution is -2.43. The third-order valence-corrected chi connectivity index (χ3v) is 23.9. The van der Waals surface area contributed by atoms with Gasteiger partial charge < -0.3 is 0 Å². The molecule has 0 heterocycles. The highest BCUT2D eigenvalue weighted by atomic mass is 28.3. The molecule has 0 atom stereocenters. The molecule has 0 unspecified atom stereocenters. The second-order valence-corrected chi connectivity index (χ2v) is 26.6. The number of rotatable bonds is 6. The van der Waals surface area contributed by atoms with Crippen LogP contribution in [0, 0.1) is 22.9 Å². The molecule has 0 aromatic heterocycles. The van der Waals surface area contributed by atoms with Gasteiger partial charge in [-0.15, -0.1) is 11.1 Å². The SMILES string of the molecule is CC(C)[Si](C#Cc1ccc2c(c1)c(=O)c1cc3c(cc12)c(=O)c1cc(C#C[Si](C(C)C)(C(C)C)C(C)C)ccc13)(C(C)C)C(C)C. The van der Waals surface area contributed by atoms with Crippen LogP contribution in [0.15, 0.2) is 58.1 Å². The Bertz CT molecular complexity index is 1980. The van der Waals surface area contributed by atoms with Crippen LogP contribution in [0.5, 0.6) is 0 Å². The summed E-state index contributed by atoms with van der Waals surface area (Å²) in [5.74, 6) is 7.02. The van der Waals surface area contributed by atoms with Crippen molar-refractivity contribution < 1.29 is 0 Å². The second-order valence-electron chi connectivity index (χ2n) is 15.4. The van der Waals surface area contributed by atoms with E-state index in [-0.39, 0.29) is 10.9 Å². The standard InChI is InChI=1S/C42H50O2Si2/c1-25(2)45(26(3)4,27(5)6)19-17-31-13-15-33-35-23-40-36(24-39(35)41(43)37(33)21-31)34-16-14-32(22-38(34)42(40)44)18-20-46(28(7)8,29(9)10)30(11)12/h13-16,21-30H,1-12H3. The van der Waals surface area contributed by atoms with E-state index >= 15 is 0 Å². The van der Waals surface area contributed by atoms with Crippen LogP contribution in [0.2, 0.25) is 33.2 Å². The van der Waals surface area contributed by atoms with E-state index in [1.165, 1.54) is 0 Å². The van der Waals surface area contributed by atoms with Crippen LogP contribution in [-0.4, -0.2) is 16.1 Å². The minimum Gasteiger partial charge on any atom is -0.289 e. The Hall–Kier alpha value is -3.45. The first-order chi connectivity index (χ1) is 21.6. The zero-order valence-electron chi connectivity index (χ0n) is 29.9. The van der Waals surface area contributed by atoms with Gasteiger partial charge in [-0.05, 0) is 91.2 Å². The van der Waals surface area contributed by atoms with Gasteiger partial charge in [0, 0.05) is 32.7 Å². The van der Waals surface area contributed by atoms with Crippen molar-refractivity contribution in [2.75, 3.05) is 0 Å². The molecule has 0 saturated carbocycles. The molecule has 0 saturated heterocycles. The molecule has 0 amide bonds. The van der Waals surface area contributed by atoms with Crippen LogP contribution in [0.1, 0.15) is 94.2 Å². The van der Waals surface area contributed by atoms with Gasteiger partial charge in [0.25, 0.3) is 0 Å². The topological polar surface area (TPSA) is 34.1 Å². The molecule has 0 aliphatic carbocycles. The maximum atomic E-state index is 13.8. The molecule has 0 aliphatic heterocycles. The van der Waals surface area contributed by atoms with Crippen molar-refractivity contribution in [3.05, 3.63) is 80.1 Å². The van der Waals surface area contributed by atoms with Crippen LogP contribution < -0.4 is 10.9 Å². The summed E-state index contributed by atoms with van der Waals surface area (Å²) in [7, 11) is -3.79. The zero-order valence-corrected chi connectivity index (χ0v) is 31.9. The van der Waals surface area contributed by atoms with Gasteiger partial charge in [0.05, 0.1) is 0 Å². The first-order valence-corrected chi connectivity index (χ1v) is 21.7. The fraction of sp³-hybridized carbons (Fsp3) is 0.429. The summed E-state index contributed by atoms with van der Waals surface area (Å²) in [5.41, 5.74) is 12.6. The van der Waals surface area contributed by atoms with E-state index in [9.17, 15) is 9.59 Å². The quantitative estimate of drug-likeness (QED) is 0.136. The van der Waals surface area contributed by atoms with E-state index in [0.29, 0.717) is 54.8 Å². The Morgan fingerprint density at radius 1 is 0.391 bits per heavy atom. The van der Waals surface area contributed by atoms with Gasteiger partial charge in [-0.1, -0.05) is 107 Å². The third-order valence-electron chi connectivity index (χ3n) is 11.3. The molecule has 0 aliphatic rings. The van der Waals surface area contributed by atoms with E-state index in [0.717, 1.165) is 32.7 Å². The molecule has 46 heavy (non-hydrogen) atoms. The second kappa shape index (κ2) is 12.3. The highest BCUT2D eigenvalue weighted by Crippen LogP contribution is 2.42. The van der Waals surface area contributed by atoms with Crippen LogP contribution in [-0.2, 0) is 0 Å². The fourth-order valence-corrected chi connectivity index (χ4v) is 19.5. The van der Waals surface area contributed by atoms with E-state index < -0.39 is 16.1 Å². The van der Waals surface area contributed by atoms with Gasteiger partial charge in [0.15, 0.2) is 10.9 Å². The molecule has 0 N–H and O–H groups in total. The van der Waals surface area contributed by atoms with Crippen LogP contribution in [0.4, 0.5) is 0 Å². The third kappa shape index (κ3) is 5.19. The Kier molecular flexibility index (Phi) is 9.06. The minimum absolute atomic E-state index is 0.0114. The smallest absolute Gasteiger partial charge is 0.194 e. The summed E-state index contributed by atoms with van der Waals surface area (Å²) in [4.78, 5) is 27.6. The van der Waals surface area contributed by atoms with Gasteiger partial charge >= 0.3 is 0 Å². The molecule has 238 valence electrons. The summed E-state index contributed by atoms with van der Waals surface area (Å²) in [5, 5.41) is 6.17. The average Bonchev–Trinajstić information content (AvgIpc) is 3.41. The van der Waals surface area contributed by atoms with E-state index in [4.69, 9.17) is 0 Å². The molecular weight excluding hydrogens is 593 g/mol. The lowest BCUT2D eigenvalue weighted by molar-refractivity contribution is 0.838. The lowest BCUT2D eigenvalue weighted by Gasteiger charge is -2.38. The lowest BCUT2D eigenvalue weighted by atomic mass is 10.1. The highest BCUT2D eigenvalue weighted by Gasteiger charge is 2.42. The summed E-state index contributed by atoms with van der Waals surface area (Å²) in [6.07, 6.45) is 0. The summed E-state index contributed by atoms with van der Waals surface area (Å²) < 4.78 is 0. The molecule has 0 bridgehead atoms. The van der Waals surface area contributed by atoms with Crippen molar-refractivity contribution in [1.82, 2.24) is 0 Å². The predicted octanol–water partition coefficient (Wildman–Crippen LogP) is 11.0. The maximum Gasteiger partial charge on any atom is 0.194 e. The number of benzene rings is 3. The number of hydrogen-bond donors (Lipinski definition) is 0.